The maximum absolute atomic E-state index is 14.4. The number of carbonyl (C=O) groups is 1. The first-order valence-corrected chi connectivity index (χ1v) is 6.92. The van der Waals surface area contributed by atoms with Crippen LogP contribution in [0.15, 0.2) is 24.4 Å². The number of halogens is 1. The maximum Gasteiger partial charge on any atom is 0.427 e. The van der Waals surface area contributed by atoms with E-state index in [0.29, 0.717) is 27.1 Å². The molecule has 5 nitrogen and oxygen atoms in total. The van der Waals surface area contributed by atoms with Gasteiger partial charge < -0.3 is 5.11 Å². The van der Waals surface area contributed by atoms with Crippen LogP contribution in [0, 0.1) is 5.82 Å². The fraction of sp³-hybridized carbons (Fsp3) is 0.231. The van der Waals surface area contributed by atoms with Gasteiger partial charge in [-0.2, -0.15) is 0 Å². The van der Waals surface area contributed by atoms with Gasteiger partial charge in [0.1, 0.15) is 15.8 Å². The SMILES string of the molecule is NN(C(=O)O)c1cnc(-c2cccc(C3CC3)c2F)s1. The molecule has 20 heavy (non-hydrogen) atoms. The topological polar surface area (TPSA) is 79.5 Å². The highest BCUT2D eigenvalue weighted by Gasteiger charge is 2.28. The van der Waals surface area contributed by atoms with Crippen molar-refractivity contribution in [3.8, 4) is 10.6 Å². The van der Waals surface area contributed by atoms with Gasteiger partial charge in [0.25, 0.3) is 0 Å². The number of amides is 1. The molecule has 7 heteroatoms. The summed E-state index contributed by atoms with van der Waals surface area (Å²) in [6.07, 6.45) is 2.07. The third-order valence-electron chi connectivity index (χ3n) is 3.21. The first kappa shape index (κ1) is 13.0. The van der Waals surface area contributed by atoms with Gasteiger partial charge in [-0.1, -0.05) is 23.5 Å². The van der Waals surface area contributed by atoms with Crippen LogP contribution < -0.4 is 10.9 Å². The van der Waals surface area contributed by atoms with Crippen LogP contribution in [0.5, 0.6) is 0 Å². The van der Waals surface area contributed by atoms with E-state index in [2.05, 4.69) is 4.98 Å². The van der Waals surface area contributed by atoms with E-state index >= 15 is 0 Å². The third-order valence-corrected chi connectivity index (χ3v) is 4.24. The lowest BCUT2D eigenvalue weighted by Gasteiger charge is -2.07. The van der Waals surface area contributed by atoms with Gasteiger partial charge in [0.15, 0.2) is 0 Å². The summed E-state index contributed by atoms with van der Waals surface area (Å²) >= 11 is 1.05. The zero-order valence-electron chi connectivity index (χ0n) is 10.4. The Kier molecular flexibility index (Phi) is 3.15. The molecule has 1 fully saturated rings. The summed E-state index contributed by atoms with van der Waals surface area (Å²) in [7, 11) is 0. The maximum atomic E-state index is 14.4. The smallest absolute Gasteiger partial charge is 0.427 e. The van der Waals surface area contributed by atoms with Gasteiger partial charge in [-0.25, -0.2) is 25.0 Å². The van der Waals surface area contributed by atoms with Gasteiger partial charge in [-0.05, 0) is 30.4 Å². The molecule has 1 heterocycles. The molecule has 1 amide bonds. The van der Waals surface area contributed by atoms with Crippen LogP contribution in [-0.2, 0) is 0 Å². The number of hydrogen-bond acceptors (Lipinski definition) is 4. The number of nitrogens with zero attached hydrogens (tertiary/aromatic N) is 2. The summed E-state index contributed by atoms with van der Waals surface area (Å²) in [5.74, 6) is 5.40. The lowest BCUT2D eigenvalue weighted by Crippen LogP contribution is -2.35. The minimum absolute atomic E-state index is 0.253. The second-order valence-corrected chi connectivity index (χ2v) is 5.65. The number of benzene rings is 1. The molecule has 0 atom stereocenters. The van der Waals surface area contributed by atoms with Crippen LogP contribution in [0.1, 0.15) is 24.3 Å². The van der Waals surface area contributed by atoms with Crippen molar-refractivity contribution in [2.24, 2.45) is 5.84 Å². The van der Waals surface area contributed by atoms with Crippen molar-refractivity contribution < 1.29 is 14.3 Å². The van der Waals surface area contributed by atoms with Crippen LogP contribution in [0.4, 0.5) is 14.2 Å². The van der Waals surface area contributed by atoms with Gasteiger partial charge in [-0.3, -0.25) is 0 Å². The summed E-state index contributed by atoms with van der Waals surface area (Å²) in [6, 6.07) is 5.23. The van der Waals surface area contributed by atoms with Gasteiger partial charge >= 0.3 is 6.09 Å². The van der Waals surface area contributed by atoms with E-state index in [1.807, 2.05) is 0 Å². The molecule has 0 saturated heterocycles. The van der Waals surface area contributed by atoms with Crippen LogP contribution in [0.3, 0.4) is 0 Å². The average molecular weight is 293 g/mol. The Balaban J connectivity index is 1.97. The molecule has 1 aliphatic rings. The summed E-state index contributed by atoms with van der Waals surface area (Å²) in [4.78, 5) is 14.8. The van der Waals surface area contributed by atoms with Gasteiger partial charge in [0, 0.05) is 5.56 Å². The molecule has 3 N–H and O–H groups in total. The number of hydrazine groups is 1. The molecule has 0 bridgehead atoms. The minimum Gasteiger partial charge on any atom is -0.464 e. The monoisotopic (exact) mass is 293 g/mol. The summed E-state index contributed by atoms with van der Waals surface area (Å²) in [5.41, 5.74) is 1.10. The molecule has 0 aliphatic heterocycles. The van der Waals surface area contributed by atoms with Crippen molar-refractivity contribution in [2.45, 2.75) is 18.8 Å². The molecule has 1 saturated carbocycles. The Labute approximate surface area is 118 Å². The van der Waals surface area contributed by atoms with Crippen molar-refractivity contribution in [1.82, 2.24) is 4.98 Å². The Bertz CT molecular complexity index is 669. The van der Waals surface area contributed by atoms with Crippen LogP contribution in [-0.4, -0.2) is 16.2 Å². The number of hydrogen-bond donors (Lipinski definition) is 2. The molecule has 1 aliphatic carbocycles. The van der Waals surface area contributed by atoms with Crippen molar-refractivity contribution in [2.75, 3.05) is 5.01 Å². The fourth-order valence-electron chi connectivity index (χ4n) is 2.02. The quantitative estimate of drug-likeness (QED) is 0.517. The van der Waals surface area contributed by atoms with E-state index in [1.54, 1.807) is 18.2 Å². The molecule has 0 unspecified atom stereocenters. The predicted molar refractivity (Wildman–Crippen MR) is 74.2 cm³/mol. The van der Waals surface area contributed by atoms with Crippen LogP contribution in [0.25, 0.3) is 10.6 Å². The van der Waals surface area contributed by atoms with Crippen LogP contribution >= 0.6 is 11.3 Å². The van der Waals surface area contributed by atoms with Gasteiger partial charge in [0.05, 0.1) is 6.20 Å². The molecule has 104 valence electrons. The lowest BCUT2D eigenvalue weighted by atomic mass is 10.1. The second-order valence-electron chi connectivity index (χ2n) is 4.64. The fourth-order valence-corrected chi connectivity index (χ4v) is 2.87. The van der Waals surface area contributed by atoms with Crippen LogP contribution in [0.2, 0.25) is 0 Å². The second kappa shape index (κ2) is 4.84. The minimum atomic E-state index is -1.28. The Morgan fingerprint density at radius 1 is 1.50 bits per heavy atom. The van der Waals surface area contributed by atoms with Crippen molar-refractivity contribution in [3.63, 3.8) is 0 Å². The molecular weight excluding hydrogens is 281 g/mol. The Morgan fingerprint density at radius 2 is 2.25 bits per heavy atom. The number of anilines is 1. The average Bonchev–Trinajstić information content (AvgIpc) is 3.15. The first-order valence-electron chi connectivity index (χ1n) is 6.10. The zero-order chi connectivity index (χ0) is 14.3. The van der Waals surface area contributed by atoms with E-state index < -0.39 is 6.09 Å². The Hall–Kier alpha value is -1.99. The zero-order valence-corrected chi connectivity index (χ0v) is 11.2. The summed E-state index contributed by atoms with van der Waals surface area (Å²) in [6.45, 7) is 0. The van der Waals surface area contributed by atoms with E-state index in [-0.39, 0.29) is 10.8 Å². The molecule has 3 rings (SSSR count). The van der Waals surface area contributed by atoms with Crippen molar-refractivity contribution in [1.29, 1.82) is 0 Å². The molecule has 0 spiro atoms. The van der Waals surface area contributed by atoms with Gasteiger partial charge in [0.2, 0.25) is 0 Å². The third kappa shape index (κ3) is 2.25. The van der Waals surface area contributed by atoms with E-state index in [0.717, 1.165) is 24.2 Å². The molecular formula is C13H12FN3O2S. The highest BCUT2D eigenvalue weighted by atomic mass is 32.1. The lowest BCUT2D eigenvalue weighted by molar-refractivity contribution is 0.202. The number of rotatable bonds is 3. The summed E-state index contributed by atoms with van der Waals surface area (Å²) in [5, 5.41) is 10.1. The summed E-state index contributed by atoms with van der Waals surface area (Å²) < 4.78 is 14.4. The largest absolute Gasteiger partial charge is 0.464 e. The van der Waals surface area contributed by atoms with E-state index in [4.69, 9.17) is 10.9 Å². The molecule has 1 aromatic heterocycles. The standard InChI is InChI=1S/C13H12FN3O2S/c14-11-8(7-4-5-7)2-1-3-9(11)12-16-6-10(20-12)17(15)13(18)19/h1-3,6-7H,4-5,15H2,(H,18,19). The first-order chi connectivity index (χ1) is 9.58. The molecule has 2 aromatic rings. The molecule has 1 aromatic carbocycles. The predicted octanol–water partition coefficient (Wildman–Crippen LogP) is 3.18. The highest BCUT2D eigenvalue weighted by Crippen LogP contribution is 2.43. The normalized spacial score (nSPS) is 14.3. The number of carboxylic acid groups (broad SMARTS) is 1. The van der Waals surface area contributed by atoms with Crippen molar-refractivity contribution >= 4 is 22.4 Å². The van der Waals surface area contributed by atoms with E-state index in [9.17, 15) is 9.18 Å². The van der Waals surface area contributed by atoms with Gasteiger partial charge in [-0.15, -0.1) is 0 Å². The highest BCUT2D eigenvalue weighted by molar-refractivity contribution is 7.19. The van der Waals surface area contributed by atoms with E-state index in [1.165, 1.54) is 6.20 Å². The number of thiazole rings is 1. The van der Waals surface area contributed by atoms with Crippen molar-refractivity contribution in [3.05, 3.63) is 35.8 Å². The molecule has 0 radical (unpaired) electrons. The Morgan fingerprint density at radius 3 is 2.90 bits per heavy atom. The number of aromatic nitrogens is 1. The number of nitrogens with two attached hydrogens (primary N) is 1.